The van der Waals surface area contributed by atoms with Gasteiger partial charge in [-0.25, -0.2) is 4.39 Å². The van der Waals surface area contributed by atoms with Crippen molar-refractivity contribution in [2.24, 2.45) is 5.73 Å². The first-order valence-electron chi connectivity index (χ1n) is 5.88. The summed E-state index contributed by atoms with van der Waals surface area (Å²) < 4.78 is 13.1. The smallest absolute Gasteiger partial charge is 0.123 e. The molecule has 2 N–H and O–H groups in total. The van der Waals surface area contributed by atoms with Crippen molar-refractivity contribution in [1.29, 1.82) is 0 Å². The summed E-state index contributed by atoms with van der Waals surface area (Å²) in [6.45, 7) is 0.501. The Kier molecular flexibility index (Phi) is 4.24. The number of halogens is 1. The van der Waals surface area contributed by atoms with Gasteiger partial charge in [0.15, 0.2) is 0 Å². The van der Waals surface area contributed by atoms with Crippen LogP contribution >= 0.6 is 11.8 Å². The van der Waals surface area contributed by atoms with Gasteiger partial charge in [0.1, 0.15) is 5.82 Å². The third-order valence-electron chi connectivity index (χ3n) is 3.16. The molecule has 0 aliphatic heterocycles. The Morgan fingerprint density at radius 3 is 2.69 bits per heavy atom. The number of rotatable bonds is 4. The lowest BCUT2D eigenvalue weighted by molar-refractivity contribution is 0.625. The first-order valence-corrected chi connectivity index (χ1v) is 6.93. The largest absolute Gasteiger partial charge is 0.326 e. The quantitative estimate of drug-likeness (QED) is 0.870. The van der Waals surface area contributed by atoms with E-state index in [1.54, 1.807) is 12.1 Å². The molecule has 0 bridgehead atoms. The molecule has 1 aromatic rings. The van der Waals surface area contributed by atoms with Crippen LogP contribution < -0.4 is 5.73 Å². The molecule has 88 valence electrons. The molecule has 16 heavy (non-hydrogen) atoms. The minimum Gasteiger partial charge on any atom is -0.326 e. The molecule has 0 atom stereocenters. The lowest BCUT2D eigenvalue weighted by atomic mass is 10.1. The molecule has 0 spiro atoms. The fourth-order valence-corrected chi connectivity index (χ4v) is 3.54. The van der Waals surface area contributed by atoms with E-state index in [9.17, 15) is 4.39 Å². The molecule has 0 radical (unpaired) electrons. The topological polar surface area (TPSA) is 26.0 Å². The van der Waals surface area contributed by atoms with Crippen molar-refractivity contribution < 1.29 is 4.39 Å². The van der Waals surface area contributed by atoms with E-state index in [2.05, 4.69) is 0 Å². The predicted octanol–water partition coefficient (Wildman–Crippen LogP) is 3.46. The average molecular weight is 239 g/mol. The van der Waals surface area contributed by atoms with Gasteiger partial charge in [-0.15, -0.1) is 0 Å². The minimum atomic E-state index is -0.153. The SMILES string of the molecule is NCc1ccc(F)cc1CSC1CCCC1. The van der Waals surface area contributed by atoms with Gasteiger partial charge in [-0.1, -0.05) is 18.9 Å². The zero-order valence-electron chi connectivity index (χ0n) is 9.42. The van der Waals surface area contributed by atoms with Gasteiger partial charge >= 0.3 is 0 Å². The second-order valence-electron chi connectivity index (χ2n) is 4.33. The van der Waals surface area contributed by atoms with Crippen molar-refractivity contribution in [3.8, 4) is 0 Å². The highest BCUT2D eigenvalue weighted by atomic mass is 32.2. The normalized spacial score (nSPS) is 16.9. The van der Waals surface area contributed by atoms with Crippen LogP contribution in [0.2, 0.25) is 0 Å². The molecular formula is C13H18FNS. The average Bonchev–Trinajstić information content (AvgIpc) is 2.79. The van der Waals surface area contributed by atoms with E-state index in [0.717, 1.165) is 22.1 Å². The van der Waals surface area contributed by atoms with Gasteiger partial charge in [0.2, 0.25) is 0 Å². The Balaban J connectivity index is 1.98. The van der Waals surface area contributed by atoms with Gasteiger partial charge in [-0.2, -0.15) is 11.8 Å². The molecule has 2 rings (SSSR count). The highest BCUT2D eigenvalue weighted by Gasteiger charge is 2.15. The van der Waals surface area contributed by atoms with Crippen LogP contribution in [0, 0.1) is 5.82 Å². The number of nitrogens with two attached hydrogens (primary N) is 1. The lowest BCUT2D eigenvalue weighted by Crippen LogP contribution is -2.03. The fraction of sp³-hybridized carbons (Fsp3) is 0.538. The van der Waals surface area contributed by atoms with Crippen molar-refractivity contribution >= 4 is 11.8 Å². The van der Waals surface area contributed by atoms with Crippen molar-refractivity contribution in [2.45, 2.75) is 43.2 Å². The molecule has 1 nitrogen and oxygen atoms in total. The van der Waals surface area contributed by atoms with Crippen LogP contribution in [0.1, 0.15) is 36.8 Å². The Morgan fingerprint density at radius 1 is 1.25 bits per heavy atom. The zero-order valence-corrected chi connectivity index (χ0v) is 10.2. The van der Waals surface area contributed by atoms with E-state index in [4.69, 9.17) is 5.73 Å². The highest BCUT2D eigenvalue weighted by molar-refractivity contribution is 7.99. The molecule has 0 saturated heterocycles. The molecule has 1 fully saturated rings. The molecule has 1 aromatic carbocycles. The molecule has 1 aliphatic carbocycles. The maximum absolute atomic E-state index is 13.1. The van der Waals surface area contributed by atoms with Crippen LogP contribution in [0.5, 0.6) is 0 Å². The molecular weight excluding hydrogens is 221 g/mol. The summed E-state index contributed by atoms with van der Waals surface area (Å²) in [5.41, 5.74) is 7.80. The van der Waals surface area contributed by atoms with E-state index in [-0.39, 0.29) is 5.82 Å². The number of hydrogen-bond donors (Lipinski definition) is 1. The predicted molar refractivity (Wildman–Crippen MR) is 67.8 cm³/mol. The number of thioether (sulfide) groups is 1. The van der Waals surface area contributed by atoms with E-state index < -0.39 is 0 Å². The summed E-state index contributed by atoms with van der Waals surface area (Å²) in [4.78, 5) is 0. The number of benzene rings is 1. The van der Waals surface area contributed by atoms with Crippen molar-refractivity contribution in [3.05, 3.63) is 35.1 Å². The molecule has 0 heterocycles. The van der Waals surface area contributed by atoms with E-state index >= 15 is 0 Å². The minimum absolute atomic E-state index is 0.153. The Labute approximate surface area is 101 Å². The van der Waals surface area contributed by atoms with Gasteiger partial charge in [-0.05, 0) is 36.1 Å². The van der Waals surface area contributed by atoms with Crippen LogP contribution in [-0.2, 0) is 12.3 Å². The van der Waals surface area contributed by atoms with Gasteiger partial charge in [-0.3, -0.25) is 0 Å². The van der Waals surface area contributed by atoms with Crippen LogP contribution in [0.15, 0.2) is 18.2 Å². The van der Waals surface area contributed by atoms with E-state index in [1.165, 1.54) is 31.7 Å². The lowest BCUT2D eigenvalue weighted by Gasteiger charge is -2.11. The van der Waals surface area contributed by atoms with Crippen LogP contribution in [0.3, 0.4) is 0 Å². The highest BCUT2D eigenvalue weighted by Crippen LogP contribution is 2.32. The first-order chi connectivity index (χ1) is 7.79. The molecule has 0 unspecified atom stereocenters. The van der Waals surface area contributed by atoms with Crippen molar-refractivity contribution in [2.75, 3.05) is 0 Å². The third-order valence-corrected chi connectivity index (χ3v) is 4.59. The van der Waals surface area contributed by atoms with Gasteiger partial charge < -0.3 is 5.73 Å². The van der Waals surface area contributed by atoms with Gasteiger partial charge in [0.05, 0.1) is 0 Å². The van der Waals surface area contributed by atoms with Crippen LogP contribution in [0.4, 0.5) is 4.39 Å². The molecule has 3 heteroatoms. The van der Waals surface area contributed by atoms with Crippen LogP contribution in [-0.4, -0.2) is 5.25 Å². The summed E-state index contributed by atoms with van der Waals surface area (Å²) >= 11 is 1.95. The Morgan fingerprint density at radius 2 is 2.00 bits per heavy atom. The molecule has 0 aromatic heterocycles. The van der Waals surface area contributed by atoms with Crippen LogP contribution in [0.25, 0.3) is 0 Å². The summed E-state index contributed by atoms with van der Waals surface area (Å²) in [6.07, 6.45) is 5.34. The molecule has 1 aliphatic rings. The molecule has 0 amide bonds. The summed E-state index contributed by atoms with van der Waals surface area (Å²) in [5, 5.41) is 0.772. The summed E-state index contributed by atoms with van der Waals surface area (Å²) in [6, 6.07) is 4.93. The van der Waals surface area contributed by atoms with E-state index in [1.807, 2.05) is 11.8 Å². The molecule has 1 saturated carbocycles. The summed E-state index contributed by atoms with van der Waals surface area (Å²) in [5.74, 6) is 0.744. The maximum atomic E-state index is 13.1. The Bertz CT molecular complexity index is 348. The van der Waals surface area contributed by atoms with Gasteiger partial charge in [0.25, 0.3) is 0 Å². The third kappa shape index (κ3) is 2.98. The Hall–Kier alpha value is -0.540. The van der Waals surface area contributed by atoms with Gasteiger partial charge in [0, 0.05) is 17.5 Å². The second kappa shape index (κ2) is 5.69. The standard InChI is InChI=1S/C13H18FNS/c14-12-6-5-10(8-15)11(7-12)9-16-13-3-1-2-4-13/h5-7,13H,1-4,8-9,15H2. The monoisotopic (exact) mass is 239 g/mol. The summed E-state index contributed by atoms with van der Waals surface area (Å²) in [7, 11) is 0. The second-order valence-corrected chi connectivity index (χ2v) is 5.62. The zero-order chi connectivity index (χ0) is 11.4. The van der Waals surface area contributed by atoms with Crippen molar-refractivity contribution in [3.63, 3.8) is 0 Å². The maximum Gasteiger partial charge on any atom is 0.123 e. The van der Waals surface area contributed by atoms with Crippen molar-refractivity contribution in [1.82, 2.24) is 0 Å². The first kappa shape index (κ1) is 11.9. The number of hydrogen-bond acceptors (Lipinski definition) is 2. The fourth-order valence-electron chi connectivity index (χ4n) is 2.19. The van der Waals surface area contributed by atoms with E-state index in [0.29, 0.717) is 6.54 Å².